The molecule has 1 aliphatic rings. The topological polar surface area (TPSA) is 361 Å². The van der Waals surface area contributed by atoms with Crippen LogP contribution < -0.4 is 0 Å². The molecular formula is C111H117Cl3N10O15S5. The summed E-state index contributed by atoms with van der Waals surface area (Å²) in [5, 5.41) is 60.2. The van der Waals surface area contributed by atoms with Gasteiger partial charge in [0.25, 0.3) is 0 Å². The smallest absolute Gasteiger partial charge is 0.303 e. The molecule has 0 atom stereocenters. The predicted molar refractivity (Wildman–Crippen MR) is 579 cm³/mol. The van der Waals surface area contributed by atoms with Gasteiger partial charge in [-0.15, -0.1) is 0 Å². The van der Waals surface area contributed by atoms with Crippen LogP contribution in [0, 0.1) is 20.8 Å². The van der Waals surface area contributed by atoms with Crippen molar-refractivity contribution in [2.75, 3.05) is 0 Å². The Morgan fingerprint density at radius 2 is 0.597 bits per heavy atom. The molecule has 1 aliphatic carbocycles. The van der Waals surface area contributed by atoms with E-state index in [1.165, 1.54) is 99.1 Å². The highest BCUT2D eigenvalue weighted by molar-refractivity contribution is 8.02. The molecule has 0 amide bonds. The van der Waals surface area contributed by atoms with Crippen LogP contribution in [0.15, 0.2) is 245 Å². The van der Waals surface area contributed by atoms with Crippen molar-refractivity contribution >= 4 is 206 Å². The van der Waals surface area contributed by atoms with Crippen LogP contribution in [0.25, 0.3) is 82.3 Å². The summed E-state index contributed by atoms with van der Waals surface area (Å²) in [4.78, 5) is 139. The Balaban J connectivity index is 0.000000161. The van der Waals surface area contributed by atoms with Crippen molar-refractivity contribution in [3.63, 3.8) is 0 Å². The first-order valence-electron chi connectivity index (χ1n) is 47.1. The van der Waals surface area contributed by atoms with E-state index in [1.807, 2.05) is 152 Å². The molecule has 16 rings (SSSR count). The van der Waals surface area contributed by atoms with Crippen molar-refractivity contribution in [1.29, 1.82) is 0 Å². The van der Waals surface area contributed by atoms with E-state index in [1.54, 1.807) is 66.3 Å². The summed E-state index contributed by atoms with van der Waals surface area (Å²) in [7, 11) is 0. The molecular weight excluding hydrogens is 1980 g/mol. The number of carbonyl (C=O) groups is 10. The fraction of sp³-hybridized carbons (Fsp3) is 0.324. The summed E-state index contributed by atoms with van der Waals surface area (Å²) in [5.41, 5.74) is 11.8. The third-order valence-electron chi connectivity index (χ3n) is 24.8. The van der Waals surface area contributed by atoms with Crippen LogP contribution in [0.2, 0.25) is 15.5 Å². The molecule has 33 heteroatoms. The molecule has 0 saturated heterocycles. The minimum atomic E-state index is -0.982. The third kappa shape index (κ3) is 27.0. The number of halogens is 3. The van der Waals surface area contributed by atoms with Gasteiger partial charge in [-0.2, -0.15) is 0 Å². The van der Waals surface area contributed by atoms with Gasteiger partial charge in [0.05, 0.1) is 103 Å². The molecule has 0 aliphatic heterocycles. The first-order chi connectivity index (χ1) is 68.1. The zero-order valence-corrected chi connectivity index (χ0v) is 89.4. The van der Waals surface area contributed by atoms with E-state index in [4.69, 9.17) is 60.3 Å². The number of aromatic nitrogens is 10. The van der Waals surface area contributed by atoms with E-state index in [9.17, 15) is 47.9 Å². The Bertz CT molecular complexity index is 7200. The number of rotatable bonds is 38. The van der Waals surface area contributed by atoms with Gasteiger partial charge in [0.15, 0.2) is 25.8 Å². The zero-order valence-electron chi connectivity index (χ0n) is 83.1. The van der Waals surface area contributed by atoms with Crippen LogP contribution >= 0.6 is 93.6 Å². The van der Waals surface area contributed by atoms with Gasteiger partial charge < -0.3 is 25.5 Å². The first-order valence-corrected chi connectivity index (χ1v) is 52.4. The van der Waals surface area contributed by atoms with Gasteiger partial charge in [-0.05, 0) is 201 Å². The molecule has 0 radical (unpaired) electrons. The highest BCUT2D eigenvalue weighted by Crippen LogP contribution is 2.48. The summed E-state index contributed by atoms with van der Waals surface area (Å²) >= 11 is 26.1. The van der Waals surface area contributed by atoms with E-state index in [0.717, 1.165) is 105 Å². The van der Waals surface area contributed by atoms with Gasteiger partial charge in [0, 0.05) is 82.8 Å². The Morgan fingerprint density at radius 3 is 0.965 bits per heavy atom. The van der Waals surface area contributed by atoms with Gasteiger partial charge in [0.1, 0.15) is 44.4 Å². The van der Waals surface area contributed by atoms with E-state index in [0.29, 0.717) is 42.8 Å². The average molecular weight is 2100 g/mol. The summed E-state index contributed by atoms with van der Waals surface area (Å²) in [6.45, 7) is 30.5. The molecule has 15 aromatic rings. The lowest BCUT2D eigenvalue weighted by molar-refractivity contribution is -0.139. The number of aliphatic carboxylic acids is 5. The number of nitrogens with zero attached hydrogens (tertiary/aromatic N) is 10. The molecule has 1 fully saturated rings. The summed E-state index contributed by atoms with van der Waals surface area (Å²) in [6.07, 6.45) is 10.9. The molecule has 10 aromatic carbocycles. The number of carbonyl (C=O) groups excluding carboxylic acids is 5. The van der Waals surface area contributed by atoms with Crippen LogP contribution in [0.4, 0.5) is 0 Å². The number of thioether (sulfide) groups is 5. The molecule has 144 heavy (non-hydrogen) atoms. The highest BCUT2D eigenvalue weighted by Gasteiger charge is 2.38. The van der Waals surface area contributed by atoms with Crippen molar-refractivity contribution in [2.45, 2.75) is 256 Å². The quantitative estimate of drug-likeness (QED) is 0.0224. The predicted octanol–water partition coefficient (Wildman–Crippen LogP) is 27.1. The number of ketones is 5. The maximum atomic E-state index is 12.6. The number of Topliss-reactive ketones (excluding diaryl/α,β-unsaturated/α-hetero) is 5. The van der Waals surface area contributed by atoms with Crippen molar-refractivity contribution in [3.8, 4) is 28.4 Å². The van der Waals surface area contributed by atoms with Crippen molar-refractivity contribution in [3.05, 3.63) is 268 Å². The van der Waals surface area contributed by atoms with Gasteiger partial charge in [-0.1, -0.05) is 272 Å². The van der Waals surface area contributed by atoms with Gasteiger partial charge >= 0.3 is 29.8 Å². The van der Waals surface area contributed by atoms with Crippen LogP contribution in [0.1, 0.15) is 213 Å². The number of imidazole rings is 5. The fourth-order valence-electron chi connectivity index (χ4n) is 16.5. The number of carboxylic acids is 5. The van der Waals surface area contributed by atoms with Crippen molar-refractivity contribution in [1.82, 2.24) is 47.8 Å². The number of aryl methyl sites for hydroxylation is 4. The molecule has 1 saturated carbocycles. The normalized spacial score (nSPS) is 12.3. The van der Waals surface area contributed by atoms with Gasteiger partial charge in [0.2, 0.25) is 0 Å². The zero-order chi connectivity index (χ0) is 105. The van der Waals surface area contributed by atoms with E-state index in [-0.39, 0.29) is 93.1 Å². The second-order valence-electron chi connectivity index (χ2n) is 37.7. The van der Waals surface area contributed by atoms with E-state index < -0.39 is 53.6 Å². The largest absolute Gasteiger partial charge is 0.481 e. The number of hydrogen-bond acceptors (Lipinski definition) is 20. The maximum absolute atomic E-state index is 12.6. The lowest BCUT2D eigenvalue weighted by Gasteiger charge is -2.23. The minimum absolute atomic E-state index is 0.0160. The Hall–Kier alpha value is -12.1. The van der Waals surface area contributed by atoms with Gasteiger partial charge in [-0.3, -0.25) is 70.8 Å². The molecule has 0 unspecified atom stereocenters. The van der Waals surface area contributed by atoms with Crippen LogP contribution in [0.5, 0.6) is 0 Å². The Kier molecular flexibility index (Phi) is 36.7. The average Bonchev–Trinajstić information content (AvgIpc) is 1.57. The Morgan fingerprint density at radius 1 is 0.319 bits per heavy atom. The standard InChI is InChI=1S/C24H26N2O3S.C23H25ClN2O3S.C22H23ClN2O3S.C21H21ClN2O3S.C21H22N2O3S/c1-15-14-25-23(30-24(2,3)21(27)12-13-22(28)29)26(15)20-11-10-17(16-8-9-16)18-6-4-5-7-19(18)20;1-14(2)15-9-10-18(17-8-6-5-7-16(15)17)26-20(24)13-25-22(26)30-23(3,4)19(27)11-12-21(28)29;1-4-14-9-10-17(16-8-6-5-7-15(14)16)25-19(23)13-24-21(25)29-22(2,3)18(26)11-12-20(27)28;1-13-8-9-16(15-7-5-4-6-14(13)15)24-18(22)12-23-20(24)28-21(2,3)17(25)10-11-19(26)27;1-14-13-22-20(27-21(2,3)18(24)11-12-19(25)26)23(14)17-10-6-8-15-7-4-5-9-16(15)17/h4-7,10-11,14,16H,8-9,12-13H2,1-3H3,(H,28,29);5-10,13-14H,11-12H2,1-4H3,(H,28,29);5-10,13H,4,11-12H2,1-3H3,(H,27,28);4-9,12H,10-11H2,1-3H3,(H,26,27);4-10,13H,11-12H2,1-3H3,(H,25,26). The number of hydrogen-bond donors (Lipinski definition) is 5. The van der Waals surface area contributed by atoms with Crippen molar-refractivity contribution in [2.24, 2.45) is 0 Å². The van der Waals surface area contributed by atoms with Crippen LogP contribution in [0.3, 0.4) is 0 Å². The second-order valence-corrected chi connectivity index (χ2v) is 46.8. The molecule has 5 N–H and O–H groups in total. The van der Waals surface area contributed by atoms with Gasteiger partial charge in [-0.25, -0.2) is 24.9 Å². The van der Waals surface area contributed by atoms with Crippen LogP contribution in [-0.2, 0) is 54.4 Å². The number of carboxylic acid groups (broad SMARTS) is 5. The maximum Gasteiger partial charge on any atom is 0.303 e. The third-order valence-corrected chi connectivity index (χ3v) is 31.6. The second kappa shape index (κ2) is 47.8. The van der Waals surface area contributed by atoms with Crippen molar-refractivity contribution < 1.29 is 73.5 Å². The fourth-order valence-corrected chi connectivity index (χ4v) is 22.8. The minimum Gasteiger partial charge on any atom is -0.481 e. The van der Waals surface area contributed by atoms with Crippen LogP contribution in [-0.4, -0.2) is 156 Å². The molecule has 0 bridgehead atoms. The number of fused-ring (bicyclic) bond motifs is 5. The molecule has 5 aromatic heterocycles. The monoisotopic (exact) mass is 2090 g/mol. The summed E-state index contributed by atoms with van der Waals surface area (Å²) in [6, 6.07) is 63.8. The SMILES string of the molecule is CC(C)c1ccc(-n2c(Cl)cnc2SC(C)(C)C(=O)CCC(=O)O)c2ccccc12.CCc1ccc(-n2c(Cl)cnc2SC(C)(C)C(=O)CCC(=O)O)c2ccccc12.Cc1ccc(-n2c(Cl)cnc2SC(C)(C)C(=O)CCC(=O)O)c2ccccc12.Cc1cnc(SC(C)(C)C(=O)CCC(=O)O)n1-c1ccc(C2CC2)c2ccccc12.Cc1cnc(SC(C)(C)C(=O)CCC(=O)O)n1-c1cccc2ccccc12. The molecule has 752 valence electrons. The summed E-state index contributed by atoms with van der Waals surface area (Å²) < 4.78 is 5.66. The lowest BCUT2D eigenvalue weighted by atomic mass is 9.95. The first kappa shape index (κ1) is 111. The molecule has 5 heterocycles. The molecule has 25 nitrogen and oxygen atoms in total. The van der Waals surface area contributed by atoms with E-state index in [2.05, 4.69) is 159 Å². The van der Waals surface area contributed by atoms with E-state index >= 15 is 0 Å². The molecule has 0 spiro atoms. The number of benzene rings is 10. The Labute approximate surface area is 872 Å². The highest BCUT2D eigenvalue weighted by atomic mass is 35.5. The lowest BCUT2D eigenvalue weighted by Crippen LogP contribution is -2.28. The summed E-state index contributed by atoms with van der Waals surface area (Å²) in [5.74, 6) is -4.42.